The van der Waals surface area contributed by atoms with Gasteiger partial charge in [-0.3, -0.25) is 4.98 Å². The summed E-state index contributed by atoms with van der Waals surface area (Å²) in [6.45, 7) is 8.06. The molecule has 0 radical (unpaired) electrons. The molecule has 94 valence electrons. The summed E-state index contributed by atoms with van der Waals surface area (Å²) < 4.78 is 0. The maximum absolute atomic E-state index is 4.48. The van der Waals surface area contributed by atoms with Crippen LogP contribution in [0, 0.1) is 20.8 Å². The van der Waals surface area contributed by atoms with E-state index in [4.69, 9.17) is 0 Å². The first-order valence-electron chi connectivity index (χ1n) is 6.35. The highest BCUT2D eigenvalue weighted by Crippen LogP contribution is 2.12. The minimum Gasteiger partial charge on any atom is -0.307 e. The van der Waals surface area contributed by atoms with E-state index in [-0.39, 0.29) is 0 Å². The molecular weight excluding hydrogens is 220 g/mol. The van der Waals surface area contributed by atoms with Crippen molar-refractivity contribution in [1.29, 1.82) is 0 Å². The van der Waals surface area contributed by atoms with Crippen molar-refractivity contribution in [1.82, 2.24) is 10.3 Å². The molecule has 2 nitrogen and oxygen atoms in total. The summed E-state index contributed by atoms with van der Waals surface area (Å²) in [5.41, 5.74) is 6.26. The molecular formula is C16H20N2. The van der Waals surface area contributed by atoms with Crippen LogP contribution in [0.3, 0.4) is 0 Å². The van der Waals surface area contributed by atoms with E-state index in [0.29, 0.717) is 0 Å². The summed E-state index contributed by atoms with van der Waals surface area (Å²) in [6.07, 6.45) is 0. The first kappa shape index (κ1) is 12.8. The van der Waals surface area contributed by atoms with Crippen LogP contribution in [0.5, 0.6) is 0 Å². The van der Waals surface area contributed by atoms with Crippen molar-refractivity contribution in [3.05, 3.63) is 64.5 Å². The molecule has 0 aliphatic rings. The predicted molar refractivity (Wildman–Crippen MR) is 75.4 cm³/mol. The molecule has 0 saturated carbocycles. The summed E-state index contributed by atoms with van der Waals surface area (Å²) in [7, 11) is 0. The molecule has 0 saturated heterocycles. The van der Waals surface area contributed by atoms with Crippen molar-refractivity contribution in [3.63, 3.8) is 0 Å². The Morgan fingerprint density at radius 2 is 1.72 bits per heavy atom. The van der Waals surface area contributed by atoms with Crippen molar-refractivity contribution in [2.45, 2.75) is 33.9 Å². The lowest BCUT2D eigenvalue weighted by molar-refractivity contribution is 0.675. The maximum atomic E-state index is 4.48. The molecule has 1 heterocycles. The second-order valence-electron chi connectivity index (χ2n) is 4.73. The lowest BCUT2D eigenvalue weighted by Gasteiger charge is -2.09. The molecule has 0 atom stereocenters. The minimum atomic E-state index is 0.815. The number of nitrogens with one attached hydrogen (secondary N) is 1. The number of pyridine rings is 1. The first-order chi connectivity index (χ1) is 8.66. The zero-order valence-electron chi connectivity index (χ0n) is 11.3. The molecule has 0 spiro atoms. The summed E-state index contributed by atoms with van der Waals surface area (Å²) in [5.74, 6) is 0. The van der Waals surface area contributed by atoms with Crippen molar-refractivity contribution >= 4 is 0 Å². The van der Waals surface area contributed by atoms with Gasteiger partial charge in [0, 0.05) is 18.8 Å². The number of aryl methyl sites for hydroxylation is 2. The zero-order valence-corrected chi connectivity index (χ0v) is 11.3. The van der Waals surface area contributed by atoms with E-state index in [1.165, 1.54) is 16.7 Å². The second kappa shape index (κ2) is 5.78. The molecule has 2 rings (SSSR count). The molecule has 0 fully saturated rings. The van der Waals surface area contributed by atoms with Gasteiger partial charge in [-0.2, -0.15) is 0 Å². The molecule has 2 heteroatoms. The monoisotopic (exact) mass is 240 g/mol. The van der Waals surface area contributed by atoms with E-state index < -0.39 is 0 Å². The summed E-state index contributed by atoms with van der Waals surface area (Å²) in [4.78, 5) is 4.48. The van der Waals surface area contributed by atoms with Crippen LogP contribution in [0.15, 0.2) is 36.4 Å². The fourth-order valence-electron chi connectivity index (χ4n) is 2.03. The number of nitrogens with zero attached hydrogens (tertiary/aromatic N) is 1. The topological polar surface area (TPSA) is 24.9 Å². The van der Waals surface area contributed by atoms with Crippen molar-refractivity contribution in [2.75, 3.05) is 0 Å². The Kier molecular flexibility index (Phi) is 4.11. The molecule has 1 aromatic carbocycles. The van der Waals surface area contributed by atoms with E-state index in [2.05, 4.69) is 54.5 Å². The molecule has 0 bridgehead atoms. The largest absolute Gasteiger partial charge is 0.307 e. The van der Waals surface area contributed by atoms with E-state index >= 15 is 0 Å². The predicted octanol–water partition coefficient (Wildman–Crippen LogP) is 3.30. The van der Waals surface area contributed by atoms with Crippen LogP contribution in [0.25, 0.3) is 0 Å². The van der Waals surface area contributed by atoms with E-state index in [0.717, 1.165) is 24.5 Å². The van der Waals surface area contributed by atoms with Gasteiger partial charge in [0.1, 0.15) is 0 Å². The highest BCUT2D eigenvalue weighted by molar-refractivity contribution is 5.32. The number of hydrogen-bond donors (Lipinski definition) is 1. The van der Waals surface area contributed by atoms with Crippen LogP contribution in [0.4, 0.5) is 0 Å². The third-order valence-corrected chi connectivity index (χ3v) is 3.28. The Hall–Kier alpha value is -1.67. The number of rotatable bonds is 4. The Bertz CT molecular complexity index is 532. The van der Waals surface area contributed by atoms with Crippen LogP contribution in [0.2, 0.25) is 0 Å². The van der Waals surface area contributed by atoms with Crippen LogP contribution in [0.1, 0.15) is 28.1 Å². The Morgan fingerprint density at radius 1 is 0.944 bits per heavy atom. The van der Waals surface area contributed by atoms with E-state index in [1.54, 1.807) is 0 Å². The summed E-state index contributed by atoms with van der Waals surface area (Å²) in [6, 6.07) is 12.6. The van der Waals surface area contributed by atoms with Gasteiger partial charge in [0.05, 0.1) is 5.69 Å². The Labute approximate surface area is 109 Å². The van der Waals surface area contributed by atoms with Gasteiger partial charge in [-0.05, 0) is 49.6 Å². The third kappa shape index (κ3) is 3.17. The summed E-state index contributed by atoms with van der Waals surface area (Å²) in [5, 5.41) is 3.45. The van der Waals surface area contributed by atoms with Crippen molar-refractivity contribution in [3.8, 4) is 0 Å². The van der Waals surface area contributed by atoms with Gasteiger partial charge in [0.25, 0.3) is 0 Å². The third-order valence-electron chi connectivity index (χ3n) is 3.28. The van der Waals surface area contributed by atoms with Gasteiger partial charge in [-0.25, -0.2) is 0 Å². The average molecular weight is 240 g/mol. The highest BCUT2D eigenvalue weighted by Gasteiger charge is 2.00. The van der Waals surface area contributed by atoms with Crippen LogP contribution in [-0.4, -0.2) is 4.98 Å². The molecule has 1 N–H and O–H groups in total. The molecule has 0 aliphatic carbocycles. The SMILES string of the molecule is Cc1cccc(CNCc2cccc(C)c2C)n1. The van der Waals surface area contributed by atoms with E-state index in [1.807, 2.05) is 13.0 Å². The molecule has 1 aromatic heterocycles. The second-order valence-corrected chi connectivity index (χ2v) is 4.73. The van der Waals surface area contributed by atoms with Crippen LogP contribution in [-0.2, 0) is 13.1 Å². The average Bonchev–Trinajstić information content (AvgIpc) is 2.35. The zero-order chi connectivity index (χ0) is 13.0. The van der Waals surface area contributed by atoms with Gasteiger partial charge < -0.3 is 5.32 Å². The van der Waals surface area contributed by atoms with Gasteiger partial charge in [0.2, 0.25) is 0 Å². The van der Waals surface area contributed by atoms with Crippen molar-refractivity contribution < 1.29 is 0 Å². The summed E-state index contributed by atoms with van der Waals surface area (Å²) >= 11 is 0. The number of hydrogen-bond acceptors (Lipinski definition) is 2. The maximum Gasteiger partial charge on any atom is 0.0544 e. The van der Waals surface area contributed by atoms with Gasteiger partial charge >= 0.3 is 0 Å². The van der Waals surface area contributed by atoms with Crippen LogP contribution < -0.4 is 5.32 Å². The molecule has 2 aromatic rings. The van der Waals surface area contributed by atoms with Crippen molar-refractivity contribution in [2.24, 2.45) is 0 Å². The standard InChI is InChI=1S/C16H20N2/c1-12-6-4-8-15(14(12)3)10-17-11-16-9-5-7-13(2)18-16/h4-9,17H,10-11H2,1-3H3. The fourth-order valence-corrected chi connectivity index (χ4v) is 2.03. The first-order valence-corrected chi connectivity index (χ1v) is 6.35. The molecule has 18 heavy (non-hydrogen) atoms. The Morgan fingerprint density at radius 3 is 2.50 bits per heavy atom. The van der Waals surface area contributed by atoms with E-state index in [9.17, 15) is 0 Å². The number of aromatic nitrogens is 1. The smallest absolute Gasteiger partial charge is 0.0544 e. The lowest BCUT2D eigenvalue weighted by Crippen LogP contribution is -2.14. The van der Waals surface area contributed by atoms with Gasteiger partial charge in [0.15, 0.2) is 0 Å². The van der Waals surface area contributed by atoms with Gasteiger partial charge in [-0.1, -0.05) is 24.3 Å². The minimum absolute atomic E-state index is 0.815. The molecule has 0 unspecified atom stereocenters. The fraction of sp³-hybridized carbons (Fsp3) is 0.312. The Balaban J connectivity index is 1.94. The number of benzene rings is 1. The normalized spacial score (nSPS) is 10.6. The highest BCUT2D eigenvalue weighted by atomic mass is 14.9. The molecule has 0 amide bonds. The van der Waals surface area contributed by atoms with Crippen LogP contribution >= 0.6 is 0 Å². The lowest BCUT2D eigenvalue weighted by atomic mass is 10.0. The molecule has 0 aliphatic heterocycles. The van der Waals surface area contributed by atoms with Gasteiger partial charge in [-0.15, -0.1) is 0 Å². The quantitative estimate of drug-likeness (QED) is 0.887.